The Morgan fingerprint density at radius 3 is 2.83 bits per heavy atom. The van der Waals surface area contributed by atoms with Gasteiger partial charge in [-0.05, 0) is 39.0 Å². The summed E-state index contributed by atoms with van der Waals surface area (Å²) in [6.45, 7) is 7.68. The second-order valence-corrected chi connectivity index (χ2v) is 8.79. The average Bonchev–Trinajstić information content (AvgIpc) is 3.06. The van der Waals surface area contributed by atoms with Crippen molar-refractivity contribution >= 4 is 12.2 Å². The Labute approximate surface area is 168 Å². The Balaban J connectivity index is 1.26. The second kappa shape index (κ2) is 6.60. The molecule has 5 rings (SSSR count). The highest BCUT2D eigenvalue weighted by Gasteiger charge is 2.48. The van der Waals surface area contributed by atoms with Crippen molar-refractivity contribution in [2.75, 3.05) is 19.7 Å². The van der Waals surface area contributed by atoms with Gasteiger partial charge in [-0.25, -0.2) is 4.79 Å². The minimum absolute atomic E-state index is 0.218. The van der Waals surface area contributed by atoms with Crippen LogP contribution in [0.2, 0.25) is 0 Å². The standard InChI is InChI=1S/C20H25N3O6/c1-19(2,3)27-18(24)22-11-20(12-22)6-4-13-8-16-14(9-15(13)26-20)10-23(29-16)17-5-7-25-21-28-17/h4,6,8-9,17,21H,5,7,10-12H2,1-3H3. The second-order valence-electron chi connectivity index (χ2n) is 8.79. The number of hydroxylamine groups is 2. The molecule has 1 spiro atoms. The molecule has 1 unspecified atom stereocenters. The molecule has 0 saturated carbocycles. The smallest absolute Gasteiger partial charge is 0.410 e. The van der Waals surface area contributed by atoms with Crippen molar-refractivity contribution in [3.8, 4) is 11.5 Å². The molecule has 0 aromatic heterocycles. The predicted molar refractivity (Wildman–Crippen MR) is 101 cm³/mol. The normalized spacial score (nSPS) is 24.9. The summed E-state index contributed by atoms with van der Waals surface area (Å²) in [4.78, 5) is 30.2. The van der Waals surface area contributed by atoms with E-state index in [4.69, 9.17) is 24.0 Å². The number of nitrogens with one attached hydrogen (secondary N) is 1. The molecule has 2 fully saturated rings. The lowest BCUT2D eigenvalue weighted by Gasteiger charge is -2.49. The minimum Gasteiger partial charge on any atom is -0.479 e. The molecule has 0 aliphatic carbocycles. The molecule has 4 heterocycles. The number of amides is 1. The molecule has 2 saturated heterocycles. The van der Waals surface area contributed by atoms with E-state index in [1.54, 1.807) is 9.96 Å². The number of rotatable bonds is 1. The highest BCUT2D eigenvalue weighted by Crippen LogP contribution is 2.42. The number of likely N-dealkylation sites (tertiary alicyclic amines) is 1. The maximum atomic E-state index is 12.2. The molecule has 0 radical (unpaired) electrons. The maximum Gasteiger partial charge on any atom is 0.410 e. The van der Waals surface area contributed by atoms with Crippen LogP contribution in [-0.4, -0.2) is 53.2 Å². The Hall–Kier alpha value is -2.33. The van der Waals surface area contributed by atoms with Crippen molar-refractivity contribution in [3.05, 3.63) is 29.3 Å². The number of hydrogen-bond donors (Lipinski definition) is 1. The molecule has 156 valence electrons. The largest absolute Gasteiger partial charge is 0.479 e. The first-order valence-electron chi connectivity index (χ1n) is 9.80. The third-order valence-electron chi connectivity index (χ3n) is 5.21. The molecule has 9 heteroatoms. The SMILES string of the molecule is CC(C)(C)OC(=O)N1CC2(C=Cc3cc4c(cc3O2)CN(C2CCONO2)O4)C1. The third-order valence-corrected chi connectivity index (χ3v) is 5.21. The van der Waals surface area contributed by atoms with Gasteiger partial charge in [-0.15, -0.1) is 5.06 Å². The van der Waals surface area contributed by atoms with Gasteiger partial charge in [-0.3, -0.25) is 14.6 Å². The van der Waals surface area contributed by atoms with E-state index in [0.29, 0.717) is 32.7 Å². The number of nitrogens with zero attached hydrogens (tertiary/aromatic N) is 2. The molecule has 1 N–H and O–H groups in total. The minimum atomic E-state index is -0.508. The monoisotopic (exact) mass is 403 g/mol. The summed E-state index contributed by atoms with van der Waals surface area (Å²) in [7, 11) is 0. The summed E-state index contributed by atoms with van der Waals surface area (Å²) in [6, 6.07) is 3.99. The summed E-state index contributed by atoms with van der Waals surface area (Å²) in [5.74, 6) is 1.60. The van der Waals surface area contributed by atoms with E-state index in [1.165, 1.54) is 0 Å². The van der Waals surface area contributed by atoms with Crippen LogP contribution in [-0.2, 0) is 21.0 Å². The predicted octanol–water partition coefficient (Wildman–Crippen LogP) is 2.37. The van der Waals surface area contributed by atoms with Gasteiger partial charge in [0.25, 0.3) is 0 Å². The quantitative estimate of drug-likeness (QED) is 0.766. The van der Waals surface area contributed by atoms with Crippen molar-refractivity contribution in [1.29, 1.82) is 0 Å². The Morgan fingerprint density at radius 1 is 1.28 bits per heavy atom. The van der Waals surface area contributed by atoms with E-state index < -0.39 is 11.2 Å². The molecule has 1 aromatic rings. The lowest BCUT2D eigenvalue weighted by Crippen LogP contribution is -2.66. The first-order chi connectivity index (χ1) is 13.8. The number of ether oxygens (including phenoxy) is 2. The van der Waals surface area contributed by atoms with Gasteiger partial charge in [0.05, 0.1) is 26.2 Å². The van der Waals surface area contributed by atoms with Crippen LogP contribution in [0.1, 0.15) is 38.3 Å². The Kier molecular flexibility index (Phi) is 4.25. The van der Waals surface area contributed by atoms with Gasteiger partial charge < -0.3 is 14.3 Å². The van der Waals surface area contributed by atoms with Gasteiger partial charge in [0, 0.05) is 17.5 Å². The molecular formula is C20H25N3O6. The molecule has 1 aromatic carbocycles. The molecule has 1 atom stereocenters. The zero-order valence-electron chi connectivity index (χ0n) is 16.8. The fourth-order valence-electron chi connectivity index (χ4n) is 3.80. The van der Waals surface area contributed by atoms with Crippen molar-refractivity contribution in [1.82, 2.24) is 15.6 Å². The lowest BCUT2D eigenvalue weighted by atomic mass is 9.90. The van der Waals surface area contributed by atoms with Gasteiger partial charge in [0.2, 0.25) is 0 Å². The fraction of sp³-hybridized carbons (Fsp3) is 0.550. The van der Waals surface area contributed by atoms with Crippen LogP contribution in [0.15, 0.2) is 18.2 Å². The van der Waals surface area contributed by atoms with Crippen LogP contribution in [0.5, 0.6) is 11.5 Å². The van der Waals surface area contributed by atoms with Crippen LogP contribution in [0, 0.1) is 0 Å². The van der Waals surface area contributed by atoms with Crippen LogP contribution < -0.4 is 15.2 Å². The molecule has 29 heavy (non-hydrogen) atoms. The topological polar surface area (TPSA) is 81.7 Å². The van der Waals surface area contributed by atoms with Crippen molar-refractivity contribution in [2.45, 2.75) is 51.2 Å². The maximum absolute atomic E-state index is 12.2. The molecule has 1 amide bonds. The van der Waals surface area contributed by atoms with Crippen molar-refractivity contribution in [3.63, 3.8) is 0 Å². The van der Waals surface area contributed by atoms with Crippen LogP contribution in [0.3, 0.4) is 0 Å². The number of hydrogen-bond acceptors (Lipinski definition) is 8. The molecule has 4 aliphatic heterocycles. The van der Waals surface area contributed by atoms with Gasteiger partial charge in [-0.1, -0.05) is 11.7 Å². The summed E-state index contributed by atoms with van der Waals surface area (Å²) in [5.41, 5.74) is 3.43. The van der Waals surface area contributed by atoms with Crippen LogP contribution in [0.4, 0.5) is 4.79 Å². The molecule has 4 aliphatic rings. The van der Waals surface area contributed by atoms with Gasteiger partial charge in [-0.2, -0.15) is 0 Å². The lowest BCUT2D eigenvalue weighted by molar-refractivity contribution is -0.312. The van der Waals surface area contributed by atoms with Gasteiger partial charge >= 0.3 is 6.09 Å². The summed E-state index contributed by atoms with van der Waals surface area (Å²) in [6.07, 6.45) is 4.23. The summed E-state index contributed by atoms with van der Waals surface area (Å²) >= 11 is 0. The van der Waals surface area contributed by atoms with Crippen molar-refractivity contribution < 1.29 is 28.8 Å². The third kappa shape index (κ3) is 3.55. The average molecular weight is 403 g/mol. The first-order valence-corrected chi connectivity index (χ1v) is 9.80. The zero-order valence-corrected chi connectivity index (χ0v) is 16.8. The number of fused-ring (bicyclic) bond motifs is 2. The first kappa shape index (κ1) is 18.7. The van der Waals surface area contributed by atoms with E-state index in [1.807, 2.05) is 45.1 Å². The number of carbonyl (C=O) groups is 1. The van der Waals surface area contributed by atoms with Crippen molar-refractivity contribution in [2.24, 2.45) is 0 Å². The van der Waals surface area contributed by atoms with E-state index >= 15 is 0 Å². The Bertz CT molecular complexity index is 853. The van der Waals surface area contributed by atoms with E-state index in [0.717, 1.165) is 22.6 Å². The highest BCUT2D eigenvalue weighted by atomic mass is 16.9. The molecule has 0 bridgehead atoms. The zero-order chi connectivity index (χ0) is 20.2. The van der Waals surface area contributed by atoms with Crippen LogP contribution >= 0.6 is 0 Å². The van der Waals surface area contributed by atoms with Gasteiger partial charge in [0.15, 0.2) is 17.6 Å². The number of carbonyl (C=O) groups excluding carboxylic acids is 1. The van der Waals surface area contributed by atoms with Gasteiger partial charge in [0.1, 0.15) is 11.4 Å². The fourth-order valence-corrected chi connectivity index (χ4v) is 3.80. The summed E-state index contributed by atoms with van der Waals surface area (Å²) in [5, 5.41) is 1.79. The summed E-state index contributed by atoms with van der Waals surface area (Å²) < 4.78 is 11.7. The Morgan fingerprint density at radius 2 is 2.10 bits per heavy atom. The molecular weight excluding hydrogens is 378 g/mol. The molecule has 9 nitrogen and oxygen atoms in total. The van der Waals surface area contributed by atoms with E-state index in [-0.39, 0.29) is 12.3 Å². The van der Waals surface area contributed by atoms with Crippen LogP contribution in [0.25, 0.3) is 6.08 Å². The number of benzene rings is 1. The highest BCUT2D eigenvalue weighted by molar-refractivity contribution is 5.72. The van der Waals surface area contributed by atoms with E-state index in [9.17, 15) is 4.79 Å². The van der Waals surface area contributed by atoms with E-state index in [2.05, 4.69) is 5.64 Å².